The van der Waals surface area contributed by atoms with E-state index in [4.69, 9.17) is 0 Å². The van der Waals surface area contributed by atoms with E-state index in [1.54, 1.807) is 6.07 Å². The second-order valence-electron chi connectivity index (χ2n) is 4.38. The maximum Gasteiger partial charge on any atom is 0.119 e. The molecule has 0 saturated heterocycles. The van der Waals surface area contributed by atoms with Gasteiger partial charge in [0.15, 0.2) is 0 Å². The molecule has 0 aliphatic rings. The molecule has 0 aliphatic heterocycles. The number of rotatable bonds is 1. The Morgan fingerprint density at radius 2 is 1.80 bits per heavy atom. The van der Waals surface area contributed by atoms with Crippen LogP contribution in [0.25, 0.3) is 10.8 Å². The number of hydrogen-bond donors (Lipinski definition) is 1. The van der Waals surface area contributed by atoms with Crippen molar-refractivity contribution in [2.45, 2.75) is 26.7 Å². The number of phenolic OH excluding ortho intramolecular Hbond substituents is 1. The van der Waals surface area contributed by atoms with E-state index < -0.39 is 0 Å². The van der Waals surface area contributed by atoms with Gasteiger partial charge in [0.25, 0.3) is 0 Å². The summed E-state index contributed by atoms with van der Waals surface area (Å²) in [5.41, 5.74) is 2.30. The van der Waals surface area contributed by atoms with Crippen molar-refractivity contribution in [2.24, 2.45) is 0 Å². The third-order valence-electron chi connectivity index (χ3n) is 2.77. The fraction of sp³-hybridized carbons (Fsp3) is 0.286. The molecule has 15 heavy (non-hydrogen) atoms. The highest BCUT2D eigenvalue weighted by Gasteiger charge is 2.10. The van der Waals surface area contributed by atoms with Crippen LogP contribution in [0.3, 0.4) is 0 Å². The first-order chi connectivity index (χ1) is 7.09. The molecule has 0 spiro atoms. The molecule has 0 radical (unpaired) electrons. The lowest BCUT2D eigenvalue weighted by Gasteiger charge is -2.12. The molecule has 0 aromatic heterocycles. The Labute approximate surface area is 90.4 Å². The quantitative estimate of drug-likeness (QED) is 0.738. The highest BCUT2D eigenvalue weighted by Crippen LogP contribution is 2.33. The van der Waals surface area contributed by atoms with Gasteiger partial charge in [-0.2, -0.15) is 0 Å². The van der Waals surface area contributed by atoms with Crippen molar-refractivity contribution in [1.29, 1.82) is 0 Å². The van der Waals surface area contributed by atoms with Crippen LogP contribution in [0.15, 0.2) is 30.3 Å². The molecular formula is C14H16O. The van der Waals surface area contributed by atoms with Crippen molar-refractivity contribution in [3.63, 3.8) is 0 Å². The van der Waals surface area contributed by atoms with Gasteiger partial charge in [-0.15, -0.1) is 0 Å². The predicted octanol–water partition coefficient (Wildman–Crippen LogP) is 3.98. The molecule has 0 heterocycles. The maximum absolute atomic E-state index is 9.85. The lowest BCUT2D eigenvalue weighted by Crippen LogP contribution is -1.90. The summed E-state index contributed by atoms with van der Waals surface area (Å²) in [6, 6.07) is 10.1. The van der Waals surface area contributed by atoms with Crippen molar-refractivity contribution in [2.75, 3.05) is 0 Å². The lowest BCUT2D eigenvalue weighted by atomic mass is 9.94. The van der Waals surface area contributed by atoms with Crippen molar-refractivity contribution < 1.29 is 5.11 Å². The zero-order valence-electron chi connectivity index (χ0n) is 9.41. The van der Waals surface area contributed by atoms with Gasteiger partial charge in [0, 0.05) is 5.56 Å². The van der Waals surface area contributed by atoms with Gasteiger partial charge in [0.05, 0.1) is 0 Å². The predicted molar refractivity (Wildman–Crippen MR) is 64.4 cm³/mol. The molecule has 0 aliphatic carbocycles. The van der Waals surface area contributed by atoms with Gasteiger partial charge in [-0.1, -0.05) is 43.7 Å². The summed E-state index contributed by atoms with van der Waals surface area (Å²) < 4.78 is 0. The number of phenols is 1. The number of aromatic hydroxyl groups is 1. The smallest absolute Gasteiger partial charge is 0.119 e. The lowest BCUT2D eigenvalue weighted by molar-refractivity contribution is 0.466. The van der Waals surface area contributed by atoms with Crippen LogP contribution in [0.2, 0.25) is 0 Å². The van der Waals surface area contributed by atoms with Gasteiger partial charge >= 0.3 is 0 Å². The monoisotopic (exact) mass is 200 g/mol. The van der Waals surface area contributed by atoms with E-state index in [1.807, 2.05) is 6.07 Å². The zero-order valence-corrected chi connectivity index (χ0v) is 9.41. The molecular weight excluding hydrogens is 184 g/mol. The number of hydrogen-bond acceptors (Lipinski definition) is 1. The van der Waals surface area contributed by atoms with E-state index in [0.717, 1.165) is 10.9 Å². The minimum absolute atomic E-state index is 0.344. The van der Waals surface area contributed by atoms with Crippen molar-refractivity contribution >= 4 is 10.8 Å². The summed E-state index contributed by atoms with van der Waals surface area (Å²) >= 11 is 0. The van der Waals surface area contributed by atoms with Crippen LogP contribution in [-0.2, 0) is 0 Å². The average molecular weight is 200 g/mol. The minimum Gasteiger partial charge on any atom is -0.508 e. The normalized spacial score (nSPS) is 11.2. The molecule has 0 unspecified atom stereocenters. The Hall–Kier alpha value is -1.50. The van der Waals surface area contributed by atoms with Crippen LogP contribution in [0, 0.1) is 6.92 Å². The number of benzene rings is 2. The molecule has 1 heteroatoms. The largest absolute Gasteiger partial charge is 0.508 e. The highest BCUT2D eigenvalue weighted by molar-refractivity contribution is 5.88. The van der Waals surface area contributed by atoms with Crippen molar-refractivity contribution in [3.8, 4) is 5.75 Å². The summed E-state index contributed by atoms with van der Waals surface area (Å²) in [6.07, 6.45) is 0. The summed E-state index contributed by atoms with van der Waals surface area (Å²) in [4.78, 5) is 0. The molecule has 2 aromatic carbocycles. The van der Waals surface area contributed by atoms with Crippen molar-refractivity contribution in [1.82, 2.24) is 0 Å². The molecule has 0 bridgehead atoms. The molecule has 0 atom stereocenters. The van der Waals surface area contributed by atoms with E-state index in [0.29, 0.717) is 11.7 Å². The van der Waals surface area contributed by atoms with Crippen LogP contribution < -0.4 is 0 Å². The standard InChI is InChI=1S/C14H16O/c1-9(2)14-12-6-4-10(3)8-11(12)5-7-13(14)15/h4-9,15H,1-3H3. The Bertz CT molecular complexity index is 498. The van der Waals surface area contributed by atoms with E-state index in [9.17, 15) is 5.11 Å². The Morgan fingerprint density at radius 1 is 1.07 bits per heavy atom. The SMILES string of the molecule is Cc1ccc2c(C(C)C)c(O)ccc2c1. The topological polar surface area (TPSA) is 20.2 Å². The summed E-state index contributed by atoms with van der Waals surface area (Å²) in [5.74, 6) is 0.748. The molecule has 1 N–H and O–H groups in total. The van der Waals surface area contributed by atoms with Gasteiger partial charge in [0.1, 0.15) is 5.75 Å². The Morgan fingerprint density at radius 3 is 2.47 bits per heavy atom. The molecule has 2 aromatic rings. The first kappa shape index (κ1) is 10.0. The molecule has 78 valence electrons. The maximum atomic E-state index is 9.85. The van der Waals surface area contributed by atoms with Gasteiger partial charge in [-0.25, -0.2) is 0 Å². The van der Waals surface area contributed by atoms with Crippen LogP contribution in [0.5, 0.6) is 5.75 Å². The third-order valence-corrected chi connectivity index (χ3v) is 2.77. The molecule has 0 saturated carbocycles. The second-order valence-corrected chi connectivity index (χ2v) is 4.38. The average Bonchev–Trinajstić information content (AvgIpc) is 2.17. The molecule has 1 nitrogen and oxygen atoms in total. The fourth-order valence-corrected chi connectivity index (χ4v) is 2.07. The van der Waals surface area contributed by atoms with Crippen LogP contribution in [0.4, 0.5) is 0 Å². The fourth-order valence-electron chi connectivity index (χ4n) is 2.07. The first-order valence-electron chi connectivity index (χ1n) is 5.32. The molecule has 2 rings (SSSR count). The van der Waals surface area contributed by atoms with E-state index in [1.165, 1.54) is 10.9 Å². The van der Waals surface area contributed by atoms with Crippen LogP contribution in [-0.4, -0.2) is 5.11 Å². The molecule has 0 fully saturated rings. The van der Waals surface area contributed by atoms with Crippen molar-refractivity contribution in [3.05, 3.63) is 41.5 Å². The summed E-state index contributed by atoms with van der Waals surface area (Å²) in [6.45, 7) is 6.30. The number of aryl methyl sites for hydroxylation is 1. The second kappa shape index (κ2) is 3.58. The summed E-state index contributed by atoms with van der Waals surface area (Å²) in [5, 5.41) is 12.2. The minimum atomic E-state index is 0.344. The van der Waals surface area contributed by atoms with Crippen LogP contribution >= 0.6 is 0 Å². The van der Waals surface area contributed by atoms with E-state index in [-0.39, 0.29) is 0 Å². The third kappa shape index (κ3) is 1.70. The molecule has 0 amide bonds. The number of fused-ring (bicyclic) bond motifs is 1. The summed E-state index contributed by atoms with van der Waals surface area (Å²) in [7, 11) is 0. The highest BCUT2D eigenvalue weighted by atomic mass is 16.3. The zero-order chi connectivity index (χ0) is 11.0. The van der Waals surface area contributed by atoms with Gasteiger partial charge in [0.2, 0.25) is 0 Å². The van der Waals surface area contributed by atoms with Gasteiger partial charge in [-0.3, -0.25) is 0 Å². The Balaban J connectivity index is 2.82. The van der Waals surface area contributed by atoms with E-state index in [2.05, 4.69) is 39.0 Å². The Kier molecular flexibility index (Phi) is 2.39. The van der Waals surface area contributed by atoms with Gasteiger partial charge in [-0.05, 0) is 29.7 Å². The van der Waals surface area contributed by atoms with Gasteiger partial charge < -0.3 is 5.11 Å². The van der Waals surface area contributed by atoms with E-state index >= 15 is 0 Å². The first-order valence-corrected chi connectivity index (χ1v) is 5.32. The van der Waals surface area contributed by atoms with Crippen LogP contribution in [0.1, 0.15) is 30.9 Å².